The molecule has 0 unspecified atom stereocenters. The Balaban J connectivity index is 1.84. The summed E-state index contributed by atoms with van der Waals surface area (Å²) in [5.74, 6) is -0.306. The van der Waals surface area contributed by atoms with Gasteiger partial charge in [0.05, 0.1) is 5.75 Å². The van der Waals surface area contributed by atoms with Crippen molar-refractivity contribution < 1.29 is 13.2 Å². The molecule has 21 heavy (non-hydrogen) atoms. The van der Waals surface area contributed by atoms with Crippen molar-refractivity contribution in [3.8, 4) is 0 Å². The molecule has 116 valence electrons. The Morgan fingerprint density at radius 2 is 2.05 bits per heavy atom. The first-order valence-electron chi connectivity index (χ1n) is 7.02. The molecule has 0 spiro atoms. The summed E-state index contributed by atoms with van der Waals surface area (Å²) < 4.78 is 25.7. The first kappa shape index (κ1) is 15.9. The van der Waals surface area contributed by atoms with E-state index < -0.39 is 10.0 Å². The summed E-state index contributed by atoms with van der Waals surface area (Å²) in [6.45, 7) is 4.37. The van der Waals surface area contributed by atoms with Gasteiger partial charge < -0.3 is 10.6 Å². The van der Waals surface area contributed by atoms with Gasteiger partial charge >= 0.3 is 0 Å². The van der Waals surface area contributed by atoms with Crippen molar-refractivity contribution in [1.29, 1.82) is 0 Å². The number of aryl methyl sites for hydroxylation is 1. The molecule has 0 aliphatic carbocycles. The van der Waals surface area contributed by atoms with Crippen LogP contribution in [0.5, 0.6) is 0 Å². The Morgan fingerprint density at radius 1 is 1.33 bits per heavy atom. The van der Waals surface area contributed by atoms with Crippen LogP contribution in [0.1, 0.15) is 15.9 Å². The molecule has 1 aromatic carbocycles. The minimum atomic E-state index is -3.29. The van der Waals surface area contributed by atoms with Crippen LogP contribution in [-0.4, -0.2) is 57.1 Å². The normalized spacial score (nSPS) is 16.6. The van der Waals surface area contributed by atoms with Gasteiger partial charge in [0.1, 0.15) is 0 Å². The van der Waals surface area contributed by atoms with Crippen molar-refractivity contribution in [3.05, 3.63) is 35.4 Å². The summed E-state index contributed by atoms with van der Waals surface area (Å²) in [4.78, 5) is 11.9. The van der Waals surface area contributed by atoms with Crippen molar-refractivity contribution >= 4 is 15.9 Å². The number of nitrogens with zero attached hydrogens (tertiary/aromatic N) is 1. The molecule has 6 nitrogen and oxygen atoms in total. The van der Waals surface area contributed by atoms with Crippen molar-refractivity contribution in [1.82, 2.24) is 14.9 Å². The van der Waals surface area contributed by atoms with Crippen molar-refractivity contribution in [2.24, 2.45) is 0 Å². The molecule has 1 amide bonds. The van der Waals surface area contributed by atoms with Crippen LogP contribution in [0, 0.1) is 6.92 Å². The van der Waals surface area contributed by atoms with E-state index in [4.69, 9.17) is 0 Å². The van der Waals surface area contributed by atoms with Gasteiger partial charge in [0.15, 0.2) is 0 Å². The van der Waals surface area contributed by atoms with Gasteiger partial charge in [-0.05, 0) is 19.1 Å². The second-order valence-corrected chi connectivity index (χ2v) is 7.18. The van der Waals surface area contributed by atoms with Crippen LogP contribution in [0.15, 0.2) is 24.3 Å². The topological polar surface area (TPSA) is 78.5 Å². The van der Waals surface area contributed by atoms with Crippen LogP contribution in [0.2, 0.25) is 0 Å². The molecule has 0 bridgehead atoms. The highest BCUT2D eigenvalue weighted by Gasteiger charge is 2.23. The SMILES string of the molecule is Cc1cccc(C(=O)NCCS(=O)(=O)N2CCNCC2)c1. The van der Waals surface area contributed by atoms with Gasteiger partial charge in [-0.3, -0.25) is 4.79 Å². The van der Waals surface area contributed by atoms with E-state index in [2.05, 4.69) is 10.6 Å². The summed E-state index contributed by atoms with van der Waals surface area (Å²) in [5, 5.41) is 5.77. The van der Waals surface area contributed by atoms with Crippen molar-refractivity contribution in [2.45, 2.75) is 6.92 Å². The molecular formula is C14H21N3O3S. The number of piperazine rings is 1. The predicted molar refractivity (Wildman–Crippen MR) is 81.7 cm³/mol. The molecule has 1 heterocycles. The lowest BCUT2D eigenvalue weighted by Crippen LogP contribution is -2.48. The number of sulfonamides is 1. The third-order valence-corrected chi connectivity index (χ3v) is 5.27. The van der Waals surface area contributed by atoms with Crippen LogP contribution < -0.4 is 10.6 Å². The van der Waals surface area contributed by atoms with E-state index in [-0.39, 0.29) is 18.2 Å². The highest BCUT2D eigenvalue weighted by atomic mass is 32.2. The Bertz CT molecular complexity index is 595. The number of carbonyl (C=O) groups excluding carboxylic acids is 1. The standard InChI is InChI=1S/C14H21N3O3S/c1-12-3-2-4-13(11-12)14(18)16-7-10-21(19,20)17-8-5-15-6-9-17/h2-4,11,15H,5-10H2,1H3,(H,16,18). The second kappa shape index (κ2) is 7.02. The van der Waals surface area contributed by atoms with E-state index in [0.717, 1.165) is 5.56 Å². The summed E-state index contributed by atoms with van der Waals surface area (Å²) in [6, 6.07) is 7.21. The molecule has 2 N–H and O–H groups in total. The van der Waals surface area contributed by atoms with Crippen LogP contribution in [0.4, 0.5) is 0 Å². The fourth-order valence-electron chi connectivity index (χ4n) is 2.23. The molecule has 0 radical (unpaired) electrons. The molecule has 2 rings (SSSR count). The quantitative estimate of drug-likeness (QED) is 0.800. The molecule has 0 saturated carbocycles. The fraction of sp³-hybridized carbons (Fsp3) is 0.500. The lowest BCUT2D eigenvalue weighted by molar-refractivity contribution is 0.0956. The zero-order chi connectivity index (χ0) is 15.3. The lowest BCUT2D eigenvalue weighted by atomic mass is 10.1. The summed E-state index contributed by atoms with van der Waals surface area (Å²) in [5.41, 5.74) is 1.55. The largest absolute Gasteiger partial charge is 0.351 e. The molecule has 1 fully saturated rings. The number of carbonyl (C=O) groups is 1. The zero-order valence-corrected chi connectivity index (χ0v) is 12.9. The maximum atomic E-state index is 12.1. The molecule has 1 saturated heterocycles. The highest BCUT2D eigenvalue weighted by molar-refractivity contribution is 7.89. The van der Waals surface area contributed by atoms with Gasteiger partial charge in [-0.25, -0.2) is 8.42 Å². The molecule has 7 heteroatoms. The number of rotatable bonds is 5. The number of hydrogen-bond donors (Lipinski definition) is 2. The van der Waals surface area contributed by atoms with Gasteiger partial charge in [0, 0.05) is 38.3 Å². The number of hydrogen-bond acceptors (Lipinski definition) is 4. The molecular weight excluding hydrogens is 290 g/mol. The smallest absolute Gasteiger partial charge is 0.251 e. The maximum Gasteiger partial charge on any atom is 0.251 e. The molecule has 0 atom stereocenters. The average molecular weight is 311 g/mol. The van der Waals surface area contributed by atoms with Crippen LogP contribution in [0.3, 0.4) is 0 Å². The number of nitrogens with one attached hydrogen (secondary N) is 2. The van der Waals surface area contributed by atoms with Gasteiger partial charge in [-0.2, -0.15) is 4.31 Å². The van der Waals surface area contributed by atoms with Gasteiger partial charge in [0.25, 0.3) is 5.91 Å². The number of benzene rings is 1. The summed E-state index contributed by atoms with van der Waals surface area (Å²) in [6.07, 6.45) is 0. The third-order valence-electron chi connectivity index (χ3n) is 3.40. The Kier molecular flexibility index (Phi) is 5.33. The van der Waals surface area contributed by atoms with Gasteiger partial charge in [0.2, 0.25) is 10.0 Å². The van der Waals surface area contributed by atoms with Gasteiger partial charge in [-0.1, -0.05) is 17.7 Å². The van der Waals surface area contributed by atoms with Crippen LogP contribution in [-0.2, 0) is 10.0 Å². The number of amides is 1. The fourth-order valence-corrected chi connectivity index (χ4v) is 3.59. The summed E-state index contributed by atoms with van der Waals surface area (Å²) >= 11 is 0. The van der Waals surface area contributed by atoms with E-state index in [1.165, 1.54) is 4.31 Å². The molecule has 1 aliphatic rings. The first-order chi connectivity index (χ1) is 9.99. The van der Waals surface area contributed by atoms with Crippen molar-refractivity contribution in [3.63, 3.8) is 0 Å². The Labute approximate surface area is 125 Å². The predicted octanol–water partition coefficient (Wildman–Crippen LogP) is -0.0402. The van der Waals surface area contributed by atoms with E-state index in [9.17, 15) is 13.2 Å². The van der Waals surface area contributed by atoms with Crippen molar-refractivity contribution in [2.75, 3.05) is 38.5 Å². The van der Waals surface area contributed by atoms with Crippen LogP contribution >= 0.6 is 0 Å². The van der Waals surface area contributed by atoms with E-state index in [1.807, 2.05) is 19.1 Å². The molecule has 1 aromatic rings. The Morgan fingerprint density at radius 3 is 2.71 bits per heavy atom. The lowest BCUT2D eigenvalue weighted by Gasteiger charge is -2.26. The van der Waals surface area contributed by atoms with E-state index in [0.29, 0.717) is 31.7 Å². The minimum Gasteiger partial charge on any atom is -0.351 e. The molecule has 0 aromatic heterocycles. The highest BCUT2D eigenvalue weighted by Crippen LogP contribution is 2.05. The van der Waals surface area contributed by atoms with E-state index >= 15 is 0 Å². The average Bonchev–Trinajstić information content (AvgIpc) is 2.48. The Hall–Kier alpha value is -1.44. The van der Waals surface area contributed by atoms with Gasteiger partial charge in [-0.15, -0.1) is 0 Å². The van der Waals surface area contributed by atoms with E-state index in [1.54, 1.807) is 12.1 Å². The minimum absolute atomic E-state index is 0.0649. The molecule has 1 aliphatic heterocycles. The van der Waals surface area contributed by atoms with Crippen LogP contribution in [0.25, 0.3) is 0 Å². The third kappa shape index (κ3) is 4.52. The zero-order valence-electron chi connectivity index (χ0n) is 12.1. The second-order valence-electron chi connectivity index (χ2n) is 5.09. The maximum absolute atomic E-state index is 12.1. The monoisotopic (exact) mass is 311 g/mol. The first-order valence-corrected chi connectivity index (χ1v) is 8.63. The summed E-state index contributed by atoms with van der Waals surface area (Å²) in [7, 11) is -3.29.